The van der Waals surface area contributed by atoms with Crippen molar-refractivity contribution in [1.29, 1.82) is 0 Å². The van der Waals surface area contributed by atoms with Crippen LogP contribution in [0.4, 0.5) is 5.69 Å². The van der Waals surface area contributed by atoms with E-state index in [4.69, 9.17) is 0 Å². The molecule has 6 nitrogen and oxygen atoms in total. The highest BCUT2D eigenvalue weighted by Crippen LogP contribution is 2.18. The molecule has 0 saturated heterocycles. The van der Waals surface area contributed by atoms with E-state index in [1.165, 1.54) is 6.33 Å². The second kappa shape index (κ2) is 5.31. The summed E-state index contributed by atoms with van der Waals surface area (Å²) >= 11 is 0. The van der Waals surface area contributed by atoms with Gasteiger partial charge in [-0.3, -0.25) is 4.79 Å². The van der Waals surface area contributed by atoms with Crippen LogP contribution in [0.2, 0.25) is 0 Å². The summed E-state index contributed by atoms with van der Waals surface area (Å²) in [6.45, 7) is 0.249. The molecule has 0 saturated carbocycles. The van der Waals surface area contributed by atoms with Crippen molar-refractivity contribution < 1.29 is 4.79 Å². The van der Waals surface area contributed by atoms with Gasteiger partial charge >= 0.3 is 0 Å². The molecule has 0 fully saturated rings. The first kappa shape index (κ1) is 12.1. The highest BCUT2D eigenvalue weighted by Gasteiger charge is 2.07. The lowest BCUT2D eigenvalue weighted by Crippen LogP contribution is -2.28. The third-order valence-electron chi connectivity index (χ3n) is 2.50. The van der Waals surface area contributed by atoms with E-state index in [1.807, 2.05) is 24.3 Å². The number of carbonyl (C=O) groups excluding carboxylic acids is 1. The Bertz CT molecular complexity index is 521. The highest BCUT2D eigenvalue weighted by molar-refractivity contribution is 5.81. The molecule has 1 amide bonds. The van der Waals surface area contributed by atoms with Crippen LogP contribution in [-0.2, 0) is 4.79 Å². The van der Waals surface area contributed by atoms with E-state index in [1.54, 1.807) is 30.0 Å². The van der Waals surface area contributed by atoms with E-state index in [-0.39, 0.29) is 12.5 Å². The van der Waals surface area contributed by atoms with Crippen molar-refractivity contribution in [2.24, 2.45) is 0 Å². The second-order valence-electron chi connectivity index (χ2n) is 4.00. The van der Waals surface area contributed by atoms with Gasteiger partial charge in [-0.1, -0.05) is 12.1 Å². The van der Waals surface area contributed by atoms with E-state index in [9.17, 15) is 4.79 Å². The molecule has 0 aliphatic heterocycles. The number of nitrogens with one attached hydrogen (secondary N) is 1. The fourth-order valence-corrected chi connectivity index (χ4v) is 1.48. The monoisotopic (exact) mass is 245 g/mol. The Labute approximate surface area is 105 Å². The normalized spacial score (nSPS) is 10.1. The van der Waals surface area contributed by atoms with Gasteiger partial charge < -0.3 is 10.2 Å². The maximum Gasteiger partial charge on any atom is 0.241 e. The number of hydrogen-bond acceptors (Lipinski definition) is 4. The molecule has 0 spiro atoms. The number of rotatable bonds is 4. The van der Waals surface area contributed by atoms with Gasteiger partial charge in [-0.25, -0.2) is 9.67 Å². The lowest BCUT2D eigenvalue weighted by atomic mass is 10.2. The summed E-state index contributed by atoms with van der Waals surface area (Å²) in [5.74, 6) is 0.0170. The summed E-state index contributed by atoms with van der Waals surface area (Å²) in [7, 11) is 3.46. The molecule has 1 aromatic carbocycles. The van der Waals surface area contributed by atoms with Crippen LogP contribution >= 0.6 is 0 Å². The zero-order valence-electron chi connectivity index (χ0n) is 10.4. The second-order valence-corrected chi connectivity index (χ2v) is 4.00. The van der Waals surface area contributed by atoms with E-state index >= 15 is 0 Å². The smallest absolute Gasteiger partial charge is 0.241 e. The Morgan fingerprint density at radius 2 is 2.17 bits per heavy atom. The number of amides is 1. The predicted octanol–water partition coefficient (Wildman–Crippen LogP) is 0.767. The van der Waals surface area contributed by atoms with Crippen molar-refractivity contribution in [3.8, 4) is 5.69 Å². The molecule has 94 valence electrons. The summed E-state index contributed by atoms with van der Waals surface area (Å²) in [5.41, 5.74) is 1.71. The van der Waals surface area contributed by atoms with Crippen LogP contribution in [0.1, 0.15) is 0 Å². The van der Waals surface area contributed by atoms with Crippen molar-refractivity contribution in [2.75, 3.05) is 26.0 Å². The molecule has 18 heavy (non-hydrogen) atoms. The number of benzene rings is 1. The van der Waals surface area contributed by atoms with Gasteiger partial charge in [0.2, 0.25) is 5.91 Å². The van der Waals surface area contributed by atoms with Crippen LogP contribution in [0.5, 0.6) is 0 Å². The summed E-state index contributed by atoms with van der Waals surface area (Å²) in [5, 5.41) is 7.18. The Morgan fingerprint density at radius 3 is 2.83 bits per heavy atom. The Hall–Kier alpha value is -2.37. The predicted molar refractivity (Wildman–Crippen MR) is 68.5 cm³/mol. The van der Waals surface area contributed by atoms with Gasteiger partial charge in [0.05, 0.1) is 17.9 Å². The molecule has 0 atom stereocenters. The van der Waals surface area contributed by atoms with Crippen molar-refractivity contribution in [3.05, 3.63) is 36.9 Å². The van der Waals surface area contributed by atoms with Gasteiger partial charge in [-0.05, 0) is 12.1 Å². The summed E-state index contributed by atoms with van der Waals surface area (Å²) < 4.78 is 1.66. The number of carbonyl (C=O) groups is 1. The molecule has 0 unspecified atom stereocenters. The van der Waals surface area contributed by atoms with Crippen molar-refractivity contribution in [3.63, 3.8) is 0 Å². The van der Waals surface area contributed by atoms with E-state index in [0.29, 0.717) is 0 Å². The van der Waals surface area contributed by atoms with Crippen LogP contribution in [0.25, 0.3) is 5.69 Å². The van der Waals surface area contributed by atoms with Gasteiger partial charge in [0.1, 0.15) is 12.7 Å². The average Bonchev–Trinajstić information content (AvgIpc) is 2.89. The maximum atomic E-state index is 11.5. The third-order valence-corrected chi connectivity index (χ3v) is 2.50. The standard InChI is InChI=1S/C12H15N5O/c1-16(2)12(18)7-14-10-5-3-4-6-11(10)17-9-13-8-15-17/h3-6,8-9,14H,7H2,1-2H3. The first-order valence-electron chi connectivity index (χ1n) is 5.56. The van der Waals surface area contributed by atoms with Gasteiger partial charge in [0.15, 0.2) is 0 Å². The van der Waals surface area contributed by atoms with Crippen LogP contribution in [0.3, 0.4) is 0 Å². The summed E-state index contributed by atoms with van der Waals surface area (Å²) in [6.07, 6.45) is 3.09. The van der Waals surface area contributed by atoms with Crippen molar-refractivity contribution in [2.45, 2.75) is 0 Å². The van der Waals surface area contributed by atoms with Crippen LogP contribution < -0.4 is 5.32 Å². The molecule has 1 N–H and O–H groups in total. The quantitative estimate of drug-likeness (QED) is 0.864. The number of hydrogen-bond donors (Lipinski definition) is 1. The van der Waals surface area contributed by atoms with Crippen LogP contribution in [0, 0.1) is 0 Å². The summed E-state index contributed by atoms with van der Waals surface area (Å²) in [6, 6.07) is 7.63. The topological polar surface area (TPSA) is 63.1 Å². The molecular weight excluding hydrogens is 230 g/mol. The molecule has 2 aromatic rings. The Morgan fingerprint density at radius 1 is 1.39 bits per heavy atom. The lowest BCUT2D eigenvalue weighted by Gasteiger charge is -2.14. The van der Waals surface area contributed by atoms with Gasteiger partial charge in [0, 0.05) is 14.1 Å². The number of nitrogens with zero attached hydrogens (tertiary/aromatic N) is 4. The zero-order valence-corrected chi connectivity index (χ0v) is 10.4. The minimum Gasteiger partial charge on any atom is -0.374 e. The molecule has 0 radical (unpaired) electrons. The minimum absolute atomic E-state index is 0.0170. The molecule has 6 heteroatoms. The third kappa shape index (κ3) is 2.65. The molecule has 0 aliphatic carbocycles. The van der Waals surface area contributed by atoms with E-state index in [0.717, 1.165) is 11.4 Å². The largest absolute Gasteiger partial charge is 0.374 e. The van der Waals surface area contributed by atoms with Crippen molar-refractivity contribution >= 4 is 11.6 Å². The maximum absolute atomic E-state index is 11.5. The molecule has 0 bridgehead atoms. The van der Waals surface area contributed by atoms with Crippen LogP contribution in [-0.4, -0.2) is 46.2 Å². The first-order valence-corrected chi connectivity index (χ1v) is 5.56. The number of para-hydroxylation sites is 2. The van der Waals surface area contributed by atoms with E-state index < -0.39 is 0 Å². The SMILES string of the molecule is CN(C)C(=O)CNc1ccccc1-n1cncn1. The molecule has 2 rings (SSSR count). The number of likely N-dealkylation sites (N-methyl/N-ethyl adjacent to an activating group) is 1. The van der Waals surface area contributed by atoms with Crippen LogP contribution in [0.15, 0.2) is 36.9 Å². The van der Waals surface area contributed by atoms with E-state index in [2.05, 4.69) is 15.4 Å². The zero-order chi connectivity index (χ0) is 13.0. The average molecular weight is 245 g/mol. The minimum atomic E-state index is 0.0170. The number of aromatic nitrogens is 3. The lowest BCUT2D eigenvalue weighted by molar-refractivity contribution is -0.126. The highest BCUT2D eigenvalue weighted by atomic mass is 16.2. The first-order chi connectivity index (χ1) is 8.68. The number of anilines is 1. The Balaban J connectivity index is 2.16. The fraction of sp³-hybridized carbons (Fsp3) is 0.250. The van der Waals surface area contributed by atoms with Gasteiger partial charge in [-0.2, -0.15) is 5.10 Å². The van der Waals surface area contributed by atoms with Gasteiger partial charge in [0.25, 0.3) is 0 Å². The molecule has 1 aromatic heterocycles. The van der Waals surface area contributed by atoms with Gasteiger partial charge in [-0.15, -0.1) is 0 Å². The fourth-order valence-electron chi connectivity index (χ4n) is 1.48. The summed E-state index contributed by atoms with van der Waals surface area (Å²) in [4.78, 5) is 17.0. The van der Waals surface area contributed by atoms with Crippen molar-refractivity contribution in [1.82, 2.24) is 19.7 Å². The molecule has 1 heterocycles. The molecular formula is C12H15N5O. The Kier molecular flexibility index (Phi) is 3.57. The molecule has 0 aliphatic rings.